The highest BCUT2D eigenvalue weighted by molar-refractivity contribution is 7.83. The van der Waals surface area contributed by atoms with Crippen LogP contribution in [0.15, 0.2) is 48.5 Å². The molecular formula is C15H11F4O3P. The van der Waals surface area contributed by atoms with Gasteiger partial charge in [-0.15, -0.1) is 0 Å². The van der Waals surface area contributed by atoms with E-state index in [9.17, 15) is 26.9 Å². The molecule has 0 aliphatic rings. The lowest BCUT2D eigenvalue weighted by Crippen LogP contribution is -2.16. The molecule has 0 amide bonds. The van der Waals surface area contributed by atoms with Gasteiger partial charge in [0.2, 0.25) is 0 Å². The summed E-state index contributed by atoms with van der Waals surface area (Å²) in [5.74, 6) is -1.25. The number of rotatable bonds is 4. The second-order valence-corrected chi connectivity index (χ2v) is 6.99. The van der Waals surface area contributed by atoms with E-state index in [0.29, 0.717) is 12.1 Å². The van der Waals surface area contributed by atoms with E-state index in [4.69, 9.17) is 4.52 Å². The normalized spacial score (nSPS) is 14.3. The van der Waals surface area contributed by atoms with E-state index in [1.807, 2.05) is 0 Å². The van der Waals surface area contributed by atoms with E-state index in [1.54, 1.807) is 6.07 Å². The van der Waals surface area contributed by atoms with Crippen molar-refractivity contribution in [3.05, 3.63) is 65.5 Å². The molecule has 0 N–H and O–H groups in total. The predicted octanol–water partition coefficient (Wildman–Crippen LogP) is 4.23. The maximum absolute atomic E-state index is 13.4. The third-order valence-electron chi connectivity index (χ3n) is 3.09. The third kappa shape index (κ3) is 3.51. The van der Waals surface area contributed by atoms with Crippen LogP contribution < -0.4 is 5.30 Å². The van der Waals surface area contributed by atoms with Crippen molar-refractivity contribution in [2.24, 2.45) is 0 Å². The molecule has 0 saturated heterocycles. The largest absolute Gasteiger partial charge is 0.416 e. The highest BCUT2D eigenvalue weighted by atomic mass is 31.2. The topological polar surface area (TPSA) is 43.4 Å². The Bertz CT molecular complexity index is 772. The Morgan fingerprint density at radius 3 is 2.22 bits per heavy atom. The van der Waals surface area contributed by atoms with Gasteiger partial charge < -0.3 is 4.52 Å². The Balaban J connectivity index is 2.55. The van der Waals surface area contributed by atoms with Crippen LogP contribution in [-0.4, -0.2) is 12.6 Å². The number of alkyl halides is 3. The Labute approximate surface area is 129 Å². The van der Waals surface area contributed by atoms with E-state index in [0.717, 1.165) is 7.11 Å². The van der Waals surface area contributed by atoms with Gasteiger partial charge in [-0.05, 0) is 30.3 Å². The van der Waals surface area contributed by atoms with Crippen LogP contribution in [0.1, 0.15) is 15.9 Å². The molecule has 0 aromatic heterocycles. The first-order valence-corrected chi connectivity index (χ1v) is 7.95. The van der Waals surface area contributed by atoms with Crippen LogP contribution in [0.25, 0.3) is 0 Å². The summed E-state index contributed by atoms with van der Waals surface area (Å²) in [6.07, 6.45) is -4.83. The van der Waals surface area contributed by atoms with Gasteiger partial charge in [-0.3, -0.25) is 9.36 Å². The number of hydrogen-bond acceptors (Lipinski definition) is 3. The van der Waals surface area contributed by atoms with Crippen LogP contribution in [-0.2, 0) is 15.3 Å². The van der Waals surface area contributed by atoms with Crippen molar-refractivity contribution in [1.29, 1.82) is 0 Å². The van der Waals surface area contributed by atoms with Gasteiger partial charge in [-0.1, -0.05) is 18.2 Å². The van der Waals surface area contributed by atoms with Gasteiger partial charge in [0.15, 0.2) is 0 Å². The zero-order valence-electron chi connectivity index (χ0n) is 11.8. The monoisotopic (exact) mass is 346 g/mol. The molecule has 1 unspecified atom stereocenters. The quantitative estimate of drug-likeness (QED) is 0.615. The van der Waals surface area contributed by atoms with Gasteiger partial charge in [0, 0.05) is 18.0 Å². The SMILES string of the molecule is COP(=O)(C(=O)c1cc(F)cc(C(F)(F)F)c1)c1ccccc1. The number of carbonyl (C=O) groups excluding carboxylic acids is 1. The minimum Gasteiger partial charge on any atom is -0.323 e. The van der Waals surface area contributed by atoms with Gasteiger partial charge in [0.05, 0.1) is 5.56 Å². The fourth-order valence-electron chi connectivity index (χ4n) is 1.98. The lowest BCUT2D eigenvalue weighted by atomic mass is 10.1. The molecular weight excluding hydrogens is 335 g/mol. The lowest BCUT2D eigenvalue weighted by Gasteiger charge is -2.16. The van der Waals surface area contributed by atoms with Crippen molar-refractivity contribution >= 4 is 18.2 Å². The molecule has 0 saturated carbocycles. The third-order valence-corrected chi connectivity index (χ3v) is 5.38. The van der Waals surface area contributed by atoms with E-state index in [2.05, 4.69) is 0 Å². The summed E-state index contributed by atoms with van der Waals surface area (Å²) < 4.78 is 69.2. The van der Waals surface area contributed by atoms with E-state index in [1.165, 1.54) is 24.3 Å². The molecule has 1 atom stereocenters. The molecule has 2 rings (SSSR count). The zero-order valence-corrected chi connectivity index (χ0v) is 12.7. The summed E-state index contributed by atoms with van der Waals surface area (Å²) in [7, 11) is -3.12. The Hall–Kier alpha value is -1.98. The standard InChI is InChI=1S/C15H11F4O3P/c1-22-23(21,13-5-3-2-4-6-13)14(20)10-7-11(15(17,18)19)9-12(16)8-10/h2-9H,1H3. The van der Waals surface area contributed by atoms with Crippen LogP contribution in [0.2, 0.25) is 0 Å². The van der Waals surface area contributed by atoms with Gasteiger partial charge in [-0.2, -0.15) is 13.2 Å². The molecule has 0 radical (unpaired) electrons. The maximum Gasteiger partial charge on any atom is 0.416 e. The van der Waals surface area contributed by atoms with E-state index < -0.39 is 36.0 Å². The Kier molecular flexibility index (Phi) is 4.73. The molecule has 0 spiro atoms. The Morgan fingerprint density at radius 2 is 1.70 bits per heavy atom. The van der Waals surface area contributed by atoms with Crippen molar-refractivity contribution in [3.63, 3.8) is 0 Å². The van der Waals surface area contributed by atoms with Crippen LogP contribution in [0.3, 0.4) is 0 Å². The van der Waals surface area contributed by atoms with Gasteiger partial charge in [0.25, 0.3) is 5.52 Å². The van der Waals surface area contributed by atoms with Crippen molar-refractivity contribution in [2.75, 3.05) is 7.11 Å². The number of halogens is 4. The van der Waals surface area contributed by atoms with Crippen molar-refractivity contribution in [1.82, 2.24) is 0 Å². The summed E-state index contributed by atoms with van der Waals surface area (Å²) in [5, 5.41) is 0.0188. The smallest absolute Gasteiger partial charge is 0.323 e. The average Bonchev–Trinajstić information content (AvgIpc) is 2.52. The van der Waals surface area contributed by atoms with E-state index in [-0.39, 0.29) is 11.4 Å². The highest BCUT2D eigenvalue weighted by Gasteiger charge is 2.37. The van der Waals surface area contributed by atoms with Crippen LogP contribution in [0.4, 0.5) is 17.6 Å². The second-order valence-electron chi connectivity index (χ2n) is 4.60. The highest BCUT2D eigenvalue weighted by Crippen LogP contribution is 2.48. The second kappa shape index (κ2) is 6.26. The lowest BCUT2D eigenvalue weighted by molar-refractivity contribution is -0.137. The van der Waals surface area contributed by atoms with Crippen LogP contribution in [0, 0.1) is 5.82 Å². The summed E-state index contributed by atoms with van der Waals surface area (Å²) in [5.41, 5.74) is -3.20. The maximum atomic E-state index is 13.4. The summed E-state index contributed by atoms with van der Waals surface area (Å²) in [6, 6.07) is 8.64. The predicted molar refractivity (Wildman–Crippen MR) is 76.4 cm³/mol. The van der Waals surface area contributed by atoms with Crippen molar-refractivity contribution < 1.29 is 31.4 Å². The average molecular weight is 346 g/mol. The molecule has 122 valence electrons. The molecule has 0 bridgehead atoms. The Morgan fingerprint density at radius 1 is 1.09 bits per heavy atom. The first-order valence-electron chi connectivity index (χ1n) is 6.32. The minimum absolute atomic E-state index is 0.0188. The van der Waals surface area contributed by atoms with Gasteiger partial charge in [0.1, 0.15) is 5.82 Å². The molecule has 2 aromatic rings. The first kappa shape index (κ1) is 17.4. The van der Waals surface area contributed by atoms with Gasteiger partial charge >= 0.3 is 13.5 Å². The minimum atomic E-state index is -4.83. The molecule has 3 nitrogen and oxygen atoms in total. The van der Waals surface area contributed by atoms with Crippen molar-refractivity contribution in [3.8, 4) is 0 Å². The molecule has 0 aliphatic heterocycles. The molecule has 2 aromatic carbocycles. The summed E-state index contributed by atoms with van der Waals surface area (Å²) >= 11 is 0. The summed E-state index contributed by atoms with van der Waals surface area (Å²) in [6.45, 7) is 0. The van der Waals surface area contributed by atoms with Crippen molar-refractivity contribution in [2.45, 2.75) is 6.18 Å². The van der Waals surface area contributed by atoms with Crippen LogP contribution in [0.5, 0.6) is 0 Å². The fourth-order valence-corrected chi connectivity index (χ4v) is 3.62. The molecule has 0 heterocycles. The molecule has 23 heavy (non-hydrogen) atoms. The molecule has 8 heteroatoms. The van der Waals surface area contributed by atoms with Crippen LogP contribution >= 0.6 is 7.37 Å². The number of hydrogen-bond donors (Lipinski definition) is 0. The first-order chi connectivity index (χ1) is 10.7. The number of carbonyl (C=O) groups is 1. The number of benzene rings is 2. The van der Waals surface area contributed by atoms with E-state index >= 15 is 0 Å². The summed E-state index contributed by atoms with van der Waals surface area (Å²) in [4.78, 5) is 12.4. The van der Waals surface area contributed by atoms with Gasteiger partial charge in [-0.25, -0.2) is 4.39 Å². The fraction of sp³-hybridized carbons (Fsp3) is 0.133. The molecule has 0 aliphatic carbocycles. The zero-order chi connectivity index (χ0) is 17.3. The molecule has 0 fully saturated rings.